The molecule has 0 aliphatic carbocycles. The molecule has 1 aromatic rings. The second kappa shape index (κ2) is 6.31. The number of carbonyl (C=O) groups is 3. The number of rotatable bonds is 1. The third-order valence-corrected chi connectivity index (χ3v) is 2.78. The van der Waals surface area contributed by atoms with Gasteiger partial charge in [-0.15, -0.1) is 5.10 Å². The van der Waals surface area contributed by atoms with Crippen LogP contribution in [0.25, 0.3) is 0 Å². The van der Waals surface area contributed by atoms with Crippen LogP contribution in [-0.4, -0.2) is 43.5 Å². The molecule has 0 radical (unpaired) electrons. The molecule has 23 heavy (non-hydrogen) atoms. The minimum Gasteiger partial charge on any atom is -0.475 e. The molecule has 1 N–H and O–H groups in total. The molecule has 8 heteroatoms. The van der Waals surface area contributed by atoms with Gasteiger partial charge in [-0.05, 0) is 6.07 Å². The van der Waals surface area contributed by atoms with Crippen LogP contribution in [0.3, 0.4) is 0 Å². The summed E-state index contributed by atoms with van der Waals surface area (Å²) in [7, 11) is 0. The first kappa shape index (κ1) is 18.5. The van der Waals surface area contributed by atoms with Gasteiger partial charge in [-0.1, -0.05) is 41.5 Å². The molecule has 0 bridgehead atoms. The molecule has 0 fully saturated rings. The maximum Gasteiger partial charge on any atom is 0.374 e. The highest BCUT2D eigenvalue weighted by Gasteiger charge is 2.41. The van der Waals surface area contributed by atoms with Gasteiger partial charge in [0.05, 0.1) is 12.4 Å². The Hall–Kier alpha value is -2.51. The van der Waals surface area contributed by atoms with Crippen LogP contribution < -0.4 is 0 Å². The van der Waals surface area contributed by atoms with Crippen molar-refractivity contribution in [3.63, 3.8) is 0 Å². The first-order valence-corrected chi connectivity index (χ1v) is 7.06. The molecule has 0 saturated heterocycles. The van der Waals surface area contributed by atoms with Crippen LogP contribution in [0.15, 0.2) is 23.6 Å². The Morgan fingerprint density at radius 2 is 1.52 bits per heavy atom. The lowest BCUT2D eigenvalue weighted by atomic mass is 9.90. The zero-order valence-corrected chi connectivity index (χ0v) is 14.2. The average molecular weight is 322 g/mol. The quantitative estimate of drug-likeness (QED) is 0.624. The second-order valence-corrected chi connectivity index (χ2v) is 7.10. The fourth-order valence-electron chi connectivity index (χ4n) is 1.56. The van der Waals surface area contributed by atoms with E-state index in [1.165, 1.54) is 12.4 Å². The van der Waals surface area contributed by atoms with Crippen molar-refractivity contribution < 1.29 is 19.5 Å². The molecule has 0 aliphatic rings. The Labute approximate surface area is 134 Å². The zero-order valence-electron chi connectivity index (χ0n) is 14.2. The summed E-state index contributed by atoms with van der Waals surface area (Å²) in [5, 5.41) is 17.0. The molecule has 1 heterocycles. The highest BCUT2D eigenvalue weighted by atomic mass is 16.4. The number of amides is 2. The van der Waals surface area contributed by atoms with Gasteiger partial charge in [0.25, 0.3) is 5.84 Å². The molecular weight excluding hydrogens is 300 g/mol. The lowest BCUT2D eigenvalue weighted by Gasteiger charge is -2.31. The van der Waals surface area contributed by atoms with Gasteiger partial charge in [-0.3, -0.25) is 9.59 Å². The topological polar surface area (TPSA) is 105 Å². The predicted molar refractivity (Wildman–Crippen MR) is 83.5 cm³/mol. The van der Waals surface area contributed by atoms with Crippen LogP contribution in [0.4, 0.5) is 0 Å². The number of aliphatic carboxylic acids is 1. The van der Waals surface area contributed by atoms with Crippen molar-refractivity contribution in [3.05, 3.63) is 18.5 Å². The van der Waals surface area contributed by atoms with Gasteiger partial charge in [0, 0.05) is 10.8 Å². The van der Waals surface area contributed by atoms with Gasteiger partial charge in [0.1, 0.15) is 0 Å². The van der Waals surface area contributed by atoms with Crippen molar-refractivity contribution in [3.8, 4) is 0 Å². The van der Waals surface area contributed by atoms with Gasteiger partial charge in [-0.25, -0.2) is 9.69 Å². The van der Waals surface area contributed by atoms with E-state index in [2.05, 4.69) is 10.2 Å². The predicted octanol–water partition coefficient (Wildman–Crippen LogP) is 1.58. The highest BCUT2D eigenvalue weighted by Crippen LogP contribution is 2.24. The minimum absolute atomic E-state index is 0.629. The zero-order chi connectivity index (χ0) is 18.0. The summed E-state index contributed by atoms with van der Waals surface area (Å²) in [4.78, 5) is 38.5. The first-order valence-electron chi connectivity index (χ1n) is 7.06. The van der Waals surface area contributed by atoms with Gasteiger partial charge in [0.2, 0.25) is 11.8 Å². The number of carboxylic acids is 1. The normalized spacial score (nSPS) is 12.9. The van der Waals surface area contributed by atoms with Gasteiger partial charge < -0.3 is 5.11 Å². The molecule has 2 amide bonds. The third-order valence-electron chi connectivity index (χ3n) is 2.78. The summed E-state index contributed by atoms with van der Waals surface area (Å²) in [6.45, 7) is 9.62. The van der Waals surface area contributed by atoms with E-state index < -0.39 is 34.4 Å². The number of nitrogens with zero attached hydrogens (tertiary/aromatic N) is 4. The summed E-state index contributed by atoms with van der Waals surface area (Å²) >= 11 is 0. The molecule has 126 valence electrons. The van der Waals surface area contributed by atoms with Gasteiger partial charge in [-0.2, -0.15) is 9.89 Å². The van der Waals surface area contributed by atoms with E-state index in [0.29, 0.717) is 4.90 Å². The van der Waals surface area contributed by atoms with E-state index in [9.17, 15) is 19.5 Å². The molecule has 0 unspecified atom stereocenters. The maximum atomic E-state index is 12.7. The summed E-state index contributed by atoms with van der Waals surface area (Å²) < 4.78 is 0. The van der Waals surface area contributed by atoms with E-state index in [1.807, 2.05) is 0 Å². The number of imide groups is 1. The Bertz CT molecular complexity index is 607. The largest absolute Gasteiger partial charge is 0.475 e. The van der Waals surface area contributed by atoms with Crippen molar-refractivity contribution in [1.29, 1.82) is 0 Å². The Balaban J connectivity index is 3.50. The van der Waals surface area contributed by atoms with Crippen molar-refractivity contribution in [1.82, 2.24) is 14.8 Å². The molecular formula is C15H22N4O4. The van der Waals surface area contributed by atoms with Crippen LogP contribution in [-0.2, 0) is 14.4 Å². The van der Waals surface area contributed by atoms with Crippen molar-refractivity contribution in [2.45, 2.75) is 41.5 Å². The number of carboxylic acid groups (broad SMARTS) is 1. The molecule has 0 spiro atoms. The average Bonchev–Trinajstić information content (AvgIpc) is 2.88. The minimum atomic E-state index is -1.49. The first-order chi connectivity index (χ1) is 10.4. The Morgan fingerprint density at radius 3 is 1.83 bits per heavy atom. The van der Waals surface area contributed by atoms with Crippen LogP contribution in [0.2, 0.25) is 0 Å². The molecule has 0 aliphatic heterocycles. The number of hydrogen-bond donors (Lipinski definition) is 1. The lowest BCUT2D eigenvalue weighted by Crippen LogP contribution is -2.53. The van der Waals surface area contributed by atoms with Crippen molar-refractivity contribution in [2.75, 3.05) is 0 Å². The second-order valence-electron chi connectivity index (χ2n) is 7.10. The van der Waals surface area contributed by atoms with Gasteiger partial charge in [0.15, 0.2) is 0 Å². The highest BCUT2D eigenvalue weighted by molar-refractivity contribution is 6.41. The molecule has 1 aromatic heterocycles. The van der Waals surface area contributed by atoms with Crippen molar-refractivity contribution >= 4 is 23.6 Å². The summed E-state index contributed by atoms with van der Waals surface area (Å²) in [5.74, 6) is -3.47. The smallest absolute Gasteiger partial charge is 0.374 e. The number of aromatic nitrogens is 2. The van der Waals surface area contributed by atoms with Crippen molar-refractivity contribution in [2.24, 2.45) is 15.9 Å². The summed E-state index contributed by atoms with van der Waals surface area (Å²) in [5.41, 5.74) is -1.91. The lowest BCUT2D eigenvalue weighted by molar-refractivity contribution is -0.151. The van der Waals surface area contributed by atoms with E-state index in [4.69, 9.17) is 0 Å². The molecule has 8 nitrogen and oxygen atoms in total. The SMILES string of the molecule is CC(C)(C)C(=O)N(C(=O)C(C)(C)C)/C(=N/n1cccn1)C(=O)O. The van der Waals surface area contributed by atoms with Crippen LogP contribution >= 0.6 is 0 Å². The van der Waals surface area contributed by atoms with Crippen LogP contribution in [0.5, 0.6) is 0 Å². The van der Waals surface area contributed by atoms with E-state index >= 15 is 0 Å². The molecule has 0 atom stereocenters. The number of amidine groups is 1. The fraction of sp³-hybridized carbons (Fsp3) is 0.533. The molecule has 1 rings (SSSR count). The Morgan fingerprint density at radius 1 is 1.04 bits per heavy atom. The third kappa shape index (κ3) is 4.48. The molecule has 0 saturated carbocycles. The fourth-order valence-corrected chi connectivity index (χ4v) is 1.56. The standard InChI is InChI=1S/C15H22N4O4/c1-14(2,3)12(22)19(13(23)15(4,5)6)10(11(20)21)17-18-9-7-8-16-18/h7-9H,1-6H3,(H,20,21)/b17-10+. The Kier molecular flexibility index (Phi) is 5.09. The van der Waals surface area contributed by atoms with E-state index in [-0.39, 0.29) is 0 Å². The van der Waals surface area contributed by atoms with Gasteiger partial charge >= 0.3 is 5.97 Å². The monoisotopic (exact) mass is 322 g/mol. The van der Waals surface area contributed by atoms with E-state index in [0.717, 1.165) is 4.79 Å². The molecule has 0 aromatic carbocycles. The summed E-state index contributed by atoms with van der Waals surface area (Å²) in [6.07, 6.45) is 2.81. The van der Waals surface area contributed by atoms with E-state index in [1.54, 1.807) is 47.6 Å². The van der Waals surface area contributed by atoms with Crippen LogP contribution in [0, 0.1) is 10.8 Å². The summed E-state index contributed by atoms with van der Waals surface area (Å²) in [6, 6.07) is 1.55. The maximum absolute atomic E-state index is 12.7. The number of carbonyl (C=O) groups excluding carboxylic acids is 2. The van der Waals surface area contributed by atoms with Crippen LogP contribution in [0.1, 0.15) is 41.5 Å². The number of hydrogen-bond acceptors (Lipinski definition) is 5.